The highest BCUT2D eigenvalue weighted by Crippen LogP contribution is 2.27. The summed E-state index contributed by atoms with van der Waals surface area (Å²) in [5, 5.41) is 12.0. The van der Waals surface area contributed by atoms with Crippen LogP contribution < -0.4 is 5.32 Å². The zero-order valence-electron chi connectivity index (χ0n) is 10.3. The minimum absolute atomic E-state index is 0.116. The Balaban J connectivity index is 2.30. The van der Waals surface area contributed by atoms with E-state index in [-0.39, 0.29) is 6.42 Å². The van der Waals surface area contributed by atoms with Crippen molar-refractivity contribution in [3.05, 3.63) is 35.1 Å². The number of benzene rings is 1. The molecule has 19 heavy (non-hydrogen) atoms. The van der Waals surface area contributed by atoms with E-state index < -0.39 is 23.5 Å². The van der Waals surface area contributed by atoms with Crippen LogP contribution in [0.1, 0.15) is 18.0 Å². The Labute approximate surface area is 109 Å². The molecule has 1 fully saturated rings. The topological polar surface area (TPSA) is 39.1 Å². The van der Waals surface area contributed by atoms with E-state index in [9.17, 15) is 13.2 Å². The summed E-state index contributed by atoms with van der Waals surface area (Å²) in [5.41, 5.74) is 0.305. The summed E-state index contributed by atoms with van der Waals surface area (Å²) in [6.07, 6.45) is 0.116. The van der Waals surface area contributed by atoms with Crippen molar-refractivity contribution >= 4 is 0 Å². The Morgan fingerprint density at radius 2 is 1.79 bits per heavy atom. The molecule has 0 unspecified atom stereocenters. The molecule has 1 atom stereocenters. The average molecular weight is 269 g/mol. The van der Waals surface area contributed by atoms with Crippen molar-refractivity contribution in [2.24, 2.45) is 0 Å². The van der Waals surface area contributed by atoms with E-state index in [1.807, 2.05) is 11.0 Å². The molecule has 0 radical (unpaired) electrons. The molecule has 1 aliphatic rings. The van der Waals surface area contributed by atoms with Crippen LogP contribution in [0.15, 0.2) is 12.1 Å². The van der Waals surface area contributed by atoms with E-state index >= 15 is 0 Å². The Morgan fingerprint density at radius 1 is 1.21 bits per heavy atom. The second kappa shape index (κ2) is 6.04. The van der Waals surface area contributed by atoms with Crippen molar-refractivity contribution in [2.45, 2.75) is 12.5 Å². The number of halogens is 3. The van der Waals surface area contributed by atoms with Gasteiger partial charge in [-0.25, -0.2) is 13.2 Å². The third-order valence-electron chi connectivity index (χ3n) is 3.27. The van der Waals surface area contributed by atoms with Gasteiger partial charge in [-0.05, 0) is 17.7 Å². The number of hydrogen-bond donors (Lipinski definition) is 1. The molecule has 0 bridgehead atoms. The summed E-state index contributed by atoms with van der Waals surface area (Å²) in [5.74, 6) is -3.90. The SMILES string of the molecule is N#CC[C@@H](c1cc(F)c(F)c(F)c1)N1CCNCC1. The minimum Gasteiger partial charge on any atom is -0.314 e. The smallest absolute Gasteiger partial charge is 0.194 e. The van der Waals surface area contributed by atoms with E-state index in [0.29, 0.717) is 18.7 Å². The van der Waals surface area contributed by atoms with Gasteiger partial charge < -0.3 is 5.32 Å². The van der Waals surface area contributed by atoms with Crippen LogP contribution in [0, 0.1) is 28.8 Å². The van der Waals surface area contributed by atoms with E-state index in [4.69, 9.17) is 5.26 Å². The maximum absolute atomic E-state index is 13.3. The molecule has 0 saturated carbocycles. The van der Waals surface area contributed by atoms with Gasteiger partial charge in [0.2, 0.25) is 0 Å². The first kappa shape index (κ1) is 13.8. The van der Waals surface area contributed by atoms with Crippen LogP contribution in [0.4, 0.5) is 13.2 Å². The maximum atomic E-state index is 13.3. The number of nitrogens with zero attached hydrogens (tertiary/aromatic N) is 2. The second-order valence-electron chi connectivity index (χ2n) is 4.46. The quantitative estimate of drug-likeness (QED) is 0.853. The first-order chi connectivity index (χ1) is 9.13. The van der Waals surface area contributed by atoms with Crippen LogP contribution in [0.3, 0.4) is 0 Å². The highest BCUT2D eigenvalue weighted by Gasteiger charge is 2.24. The van der Waals surface area contributed by atoms with Crippen molar-refractivity contribution in [3.8, 4) is 6.07 Å². The molecule has 0 aromatic heterocycles. The fourth-order valence-corrected chi connectivity index (χ4v) is 2.31. The van der Waals surface area contributed by atoms with Crippen molar-refractivity contribution < 1.29 is 13.2 Å². The molecular weight excluding hydrogens is 255 g/mol. The van der Waals surface area contributed by atoms with Gasteiger partial charge in [0.05, 0.1) is 12.5 Å². The molecule has 6 heteroatoms. The van der Waals surface area contributed by atoms with E-state index in [1.165, 1.54) is 0 Å². The van der Waals surface area contributed by atoms with Crippen LogP contribution in [0.5, 0.6) is 0 Å². The molecule has 0 spiro atoms. The molecule has 2 rings (SSSR count). The maximum Gasteiger partial charge on any atom is 0.194 e. The van der Waals surface area contributed by atoms with Gasteiger partial charge in [0, 0.05) is 32.2 Å². The second-order valence-corrected chi connectivity index (χ2v) is 4.46. The Morgan fingerprint density at radius 3 is 2.32 bits per heavy atom. The summed E-state index contributed by atoms with van der Waals surface area (Å²) in [6.45, 7) is 2.89. The molecular formula is C13H14F3N3. The number of piperazine rings is 1. The Kier molecular flexibility index (Phi) is 4.40. The van der Waals surface area contributed by atoms with Gasteiger partial charge in [-0.3, -0.25) is 4.90 Å². The zero-order chi connectivity index (χ0) is 13.8. The van der Waals surface area contributed by atoms with E-state index in [1.54, 1.807) is 0 Å². The largest absolute Gasteiger partial charge is 0.314 e. The van der Waals surface area contributed by atoms with Crippen LogP contribution >= 0.6 is 0 Å². The molecule has 102 valence electrons. The van der Waals surface area contributed by atoms with E-state index in [2.05, 4.69) is 5.32 Å². The molecule has 0 aliphatic carbocycles. The number of nitriles is 1. The van der Waals surface area contributed by atoms with Gasteiger partial charge in [-0.15, -0.1) is 0 Å². The lowest BCUT2D eigenvalue weighted by atomic mass is 10.0. The highest BCUT2D eigenvalue weighted by molar-refractivity contribution is 5.24. The van der Waals surface area contributed by atoms with Gasteiger partial charge in [0.1, 0.15) is 0 Å². The van der Waals surface area contributed by atoms with Gasteiger partial charge in [-0.1, -0.05) is 0 Å². The summed E-state index contributed by atoms with van der Waals surface area (Å²) < 4.78 is 39.5. The van der Waals surface area contributed by atoms with Crippen molar-refractivity contribution in [3.63, 3.8) is 0 Å². The summed E-state index contributed by atoms with van der Waals surface area (Å²) in [6, 6.07) is 3.56. The molecule has 1 saturated heterocycles. The zero-order valence-corrected chi connectivity index (χ0v) is 10.3. The number of rotatable bonds is 3. The molecule has 0 amide bonds. The third kappa shape index (κ3) is 3.06. The Bertz CT molecular complexity index is 469. The van der Waals surface area contributed by atoms with Crippen LogP contribution in [-0.2, 0) is 0 Å². The monoisotopic (exact) mass is 269 g/mol. The number of nitrogens with one attached hydrogen (secondary N) is 1. The third-order valence-corrected chi connectivity index (χ3v) is 3.27. The van der Waals surface area contributed by atoms with Crippen molar-refractivity contribution in [2.75, 3.05) is 26.2 Å². The summed E-state index contributed by atoms with van der Waals surface area (Å²) in [4.78, 5) is 1.98. The van der Waals surface area contributed by atoms with E-state index in [0.717, 1.165) is 25.2 Å². The standard InChI is InChI=1S/C13H14F3N3/c14-10-7-9(8-11(15)13(10)16)12(1-2-17)19-5-3-18-4-6-19/h7-8,12,18H,1,3-6H2/t12-/m0/s1. The fraction of sp³-hybridized carbons (Fsp3) is 0.462. The lowest BCUT2D eigenvalue weighted by molar-refractivity contribution is 0.175. The normalized spacial score (nSPS) is 18.0. The van der Waals surface area contributed by atoms with Gasteiger partial charge in [0.15, 0.2) is 17.5 Å². The lowest BCUT2D eigenvalue weighted by Crippen LogP contribution is -2.45. The predicted molar refractivity (Wildman–Crippen MR) is 63.7 cm³/mol. The van der Waals surface area contributed by atoms with Gasteiger partial charge in [0.25, 0.3) is 0 Å². The van der Waals surface area contributed by atoms with Crippen LogP contribution in [-0.4, -0.2) is 31.1 Å². The predicted octanol–water partition coefficient (Wildman–Crippen LogP) is 1.96. The molecule has 1 N–H and O–H groups in total. The number of hydrogen-bond acceptors (Lipinski definition) is 3. The summed E-state index contributed by atoms with van der Waals surface area (Å²) >= 11 is 0. The van der Waals surface area contributed by atoms with Gasteiger partial charge in [-0.2, -0.15) is 5.26 Å². The molecule has 3 nitrogen and oxygen atoms in total. The first-order valence-electron chi connectivity index (χ1n) is 6.09. The highest BCUT2D eigenvalue weighted by atomic mass is 19.2. The van der Waals surface area contributed by atoms with Crippen LogP contribution in [0.25, 0.3) is 0 Å². The Hall–Kier alpha value is -1.58. The lowest BCUT2D eigenvalue weighted by Gasteiger charge is -2.34. The molecule has 1 heterocycles. The molecule has 1 aromatic carbocycles. The fourth-order valence-electron chi connectivity index (χ4n) is 2.31. The summed E-state index contributed by atoms with van der Waals surface area (Å²) in [7, 11) is 0. The molecule has 1 aliphatic heterocycles. The van der Waals surface area contributed by atoms with Crippen molar-refractivity contribution in [1.82, 2.24) is 10.2 Å². The minimum atomic E-state index is -1.47. The van der Waals surface area contributed by atoms with Crippen LogP contribution in [0.2, 0.25) is 0 Å². The first-order valence-corrected chi connectivity index (χ1v) is 6.09. The average Bonchev–Trinajstić information content (AvgIpc) is 2.42. The molecule has 1 aromatic rings. The van der Waals surface area contributed by atoms with Crippen molar-refractivity contribution in [1.29, 1.82) is 5.26 Å². The van der Waals surface area contributed by atoms with Gasteiger partial charge >= 0.3 is 0 Å².